The second kappa shape index (κ2) is 8.85. The Hall–Kier alpha value is -1.32. The van der Waals surface area contributed by atoms with Crippen LogP contribution < -0.4 is 0 Å². The van der Waals surface area contributed by atoms with Crippen LogP contribution in [0.2, 0.25) is 0 Å². The highest BCUT2D eigenvalue weighted by atomic mass is 16.4. The van der Waals surface area contributed by atoms with Crippen molar-refractivity contribution in [1.29, 1.82) is 0 Å². The number of hydrogen-bond donors (Lipinski definition) is 2. The molecule has 0 saturated heterocycles. The lowest BCUT2D eigenvalue weighted by atomic mass is 9.66. The van der Waals surface area contributed by atoms with Crippen molar-refractivity contribution in [2.75, 3.05) is 0 Å². The molecule has 2 N–H and O–H groups in total. The van der Waals surface area contributed by atoms with E-state index >= 15 is 0 Å². The summed E-state index contributed by atoms with van der Waals surface area (Å²) in [5, 5.41) is 19.5. The van der Waals surface area contributed by atoms with Crippen molar-refractivity contribution < 1.29 is 19.8 Å². The first-order chi connectivity index (χ1) is 9.75. The van der Waals surface area contributed by atoms with Crippen molar-refractivity contribution in [2.24, 2.45) is 11.3 Å². The zero-order valence-electron chi connectivity index (χ0n) is 14.0. The second-order valence-electron chi connectivity index (χ2n) is 6.10. The summed E-state index contributed by atoms with van der Waals surface area (Å²) in [7, 11) is 0. The fourth-order valence-corrected chi connectivity index (χ4v) is 2.94. The zero-order chi connectivity index (χ0) is 16.6. The molecule has 1 atom stereocenters. The zero-order valence-corrected chi connectivity index (χ0v) is 14.0. The Morgan fingerprint density at radius 1 is 1.05 bits per heavy atom. The molecule has 0 aliphatic carbocycles. The molecule has 0 aromatic carbocycles. The third-order valence-electron chi connectivity index (χ3n) is 4.28. The maximum atomic E-state index is 12.0. The van der Waals surface area contributed by atoms with Crippen LogP contribution in [0.25, 0.3) is 0 Å². The van der Waals surface area contributed by atoms with Crippen molar-refractivity contribution in [3.8, 4) is 0 Å². The van der Waals surface area contributed by atoms with Gasteiger partial charge in [0.2, 0.25) is 0 Å². The average molecular weight is 298 g/mol. The van der Waals surface area contributed by atoms with Gasteiger partial charge in [-0.3, -0.25) is 4.79 Å². The van der Waals surface area contributed by atoms with Gasteiger partial charge in [0.1, 0.15) is 5.41 Å². The van der Waals surface area contributed by atoms with Gasteiger partial charge in [0, 0.05) is 0 Å². The Bertz CT molecular complexity index is 396. The van der Waals surface area contributed by atoms with Gasteiger partial charge in [0.05, 0.1) is 5.57 Å². The van der Waals surface area contributed by atoms with Crippen LogP contribution >= 0.6 is 0 Å². The molecule has 0 bridgehead atoms. The van der Waals surface area contributed by atoms with Gasteiger partial charge >= 0.3 is 11.9 Å². The monoisotopic (exact) mass is 298 g/mol. The predicted molar refractivity (Wildman–Crippen MR) is 84.3 cm³/mol. The smallest absolute Gasteiger partial charge is 0.332 e. The molecule has 0 fully saturated rings. The van der Waals surface area contributed by atoms with E-state index in [1.165, 1.54) is 0 Å². The fourth-order valence-electron chi connectivity index (χ4n) is 2.94. The highest BCUT2D eigenvalue weighted by molar-refractivity contribution is 5.97. The van der Waals surface area contributed by atoms with E-state index in [1.807, 2.05) is 13.8 Å². The van der Waals surface area contributed by atoms with Gasteiger partial charge in [-0.1, -0.05) is 52.5 Å². The SMILES string of the molecule is CCCCC(C)=C(C(=O)O)C(CCCC)(C(=O)O)C(C)C. The quantitative estimate of drug-likeness (QED) is 0.582. The Balaban J connectivity index is 6.02. The number of hydrogen-bond acceptors (Lipinski definition) is 2. The summed E-state index contributed by atoms with van der Waals surface area (Å²) in [4.78, 5) is 23.8. The van der Waals surface area contributed by atoms with Gasteiger partial charge in [0.15, 0.2) is 0 Å². The molecule has 0 spiro atoms. The number of carboxylic acids is 2. The van der Waals surface area contributed by atoms with Crippen molar-refractivity contribution in [2.45, 2.75) is 73.1 Å². The maximum Gasteiger partial charge on any atom is 0.332 e. The van der Waals surface area contributed by atoms with E-state index in [9.17, 15) is 19.8 Å². The molecule has 4 heteroatoms. The van der Waals surface area contributed by atoms with Crippen LogP contribution in [0.5, 0.6) is 0 Å². The Kier molecular flexibility index (Phi) is 8.30. The van der Waals surface area contributed by atoms with E-state index in [0.29, 0.717) is 24.8 Å². The van der Waals surface area contributed by atoms with Crippen LogP contribution in [-0.2, 0) is 9.59 Å². The minimum Gasteiger partial charge on any atom is -0.481 e. The molecule has 21 heavy (non-hydrogen) atoms. The topological polar surface area (TPSA) is 74.6 Å². The first-order valence-corrected chi connectivity index (χ1v) is 7.92. The third kappa shape index (κ3) is 4.58. The van der Waals surface area contributed by atoms with Gasteiger partial charge in [-0.25, -0.2) is 4.79 Å². The number of allylic oxidation sites excluding steroid dienone is 1. The van der Waals surface area contributed by atoms with E-state index in [1.54, 1.807) is 20.8 Å². The summed E-state index contributed by atoms with van der Waals surface area (Å²) in [6, 6.07) is 0. The fraction of sp³-hybridized carbons (Fsp3) is 0.765. The largest absolute Gasteiger partial charge is 0.481 e. The minimum atomic E-state index is -1.29. The van der Waals surface area contributed by atoms with Crippen LogP contribution in [-0.4, -0.2) is 22.2 Å². The molecule has 0 aliphatic rings. The second-order valence-corrected chi connectivity index (χ2v) is 6.10. The Morgan fingerprint density at radius 3 is 1.90 bits per heavy atom. The molecule has 0 amide bonds. The molecule has 0 aromatic heterocycles. The number of carbonyl (C=O) groups is 2. The Morgan fingerprint density at radius 2 is 1.57 bits per heavy atom. The molecule has 0 saturated carbocycles. The molecule has 0 heterocycles. The summed E-state index contributed by atoms with van der Waals surface area (Å²) < 4.78 is 0. The number of rotatable bonds is 10. The van der Waals surface area contributed by atoms with E-state index < -0.39 is 17.4 Å². The first-order valence-electron chi connectivity index (χ1n) is 7.92. The van der Waals surface area contributed by atoms with Crippen molar-refractivity contribution in [3.63, 3.8) is 0 Å². The molecule has 1 unspecified atom stereocenters. The first kappa shape index (κ1) is 19.7. The number of aliphatic carboxylic acids is 2. The molecular weight excluding hydrogens is 268 g/mol. The lowest BCUT2D eigenvalue weighted by Gasteiger charge is -2.35. The highest BCUT2D eigenvalue weighted by Crippen LogP contribution is 2.43. The van der Waals surface area contributed by atoms with Crippen LogP contribution in [0.4, 0.5) is 0 Å². The van der Waals surface area contributed by atoms with E-state index in [0.717, 1.165) is 19.3 Å². The molecule has 0 rings (SSSR count). The Labute approximate surface area is 128 Å². The van der Waals surface area contributed by atoms with Crippen LogP contribution in [0.3, 0.4) is 0 Å². The van der Waals surface area contributed by atoms with Crippen LogP contribution in [0.1, 0.15) is 73.1 Å². The van der Waals surface area contributed by atoms with E-state index in [4.69, 9.17) is 0 Å². The maximum absolute atomic E-state index is 12.0. The molecule has 122 valence electrons. The molecule has 4 nitrogen and oxygen atoms in total. The van der Waals surface area contributed by atoms with Crippen LogP contribution in [0, 0.1) is 11.3 Å². The lowest BCUT2D eigenvalue weighted by Crippen LogP contribution is -2.41. The van der Waals surface area contributed by atoms with E-state index in [2.05, 4.69) is 0 Å². The standard InChI is InChI=1S/C17H30O4/c1-6-8-10-13(5)14(15(18)19)17(12(3)4,16(20)21)11-9-7-2/h12H,6-11H2,1-5H3,(H,18,19)(H,20,21). The van der Waals surface area contributed by atoms with Crippen molar-refractivity contribution in [1.82, 2.24) is 0 Å². The average Bonchev–Trinajstić information content (AvgIpc) is 2.39. The number of unbranched alkanes of at least 4 members (excludes halogenated alkanes) is 2. The summed E-state index contributed by atoms with van der Waals surface area (Å²) in [6.45, 7) is 9.41. The lowest BCUT2D eigenvalue weighted by molar-refractivity contribution is -0.153. The summed E-state index contributed by atoms with van der Waals surface area (Å²) in [5.74, 6) is -2.36. The molecular formula is C17H30O4. The third-order valence-corrected chi connectivity index (χ3v) is 4.28. The summed E-state index contributed by atoms with van der Waals surface area (Å²) >= 11 is 0. The molecule has 0 aliphatic heterocycles. The van der Waals surface area contributed by atoms with E-state index in [-0.39, 0.29) is 11.5 Å². The van der Waals surface area contributed by atoms with Gasteiger partial charge in [-0.05, 0) is 32.1 Å². The van der Waals surface area contributed by atoms with Gasteiger partial charge < -0.3 is 10.2 Å². The molecule has 0 radical (unpaired) electrons. The minimum absolute atomic E-state index is 0.104. The van der Waals surface area contributed by atoms with Crippen molar-refractivity contribution >= 4 is 11.9 Å². The van der Waals surface area contributed by atoms with Crippen molar-refractivity contribution in [3.05, 3.63) is 11.1 Å². The normalized spacial score (nSPS) is 15.5. The van der Waals surface area contributed by atoms with Gasteiger partial charge in [-0.15, -0.1) is 0 Å². The highest BCUT2D eigenvalue weighted by Gasteiger charge is 2.48. The summed E-state index contributed by atoms with van der Waals surface area (Å²) in [6.07, 6.45) is 4.42. The van der Waals surface area contributed by atoms with Gasteiger partial charge in [0.25, 0.3) is 0 Å². The van der Waals surface area contributed by atoms with Gasteiger partial charge in [-0.2, -0.15) is 0 Å². The summed E-state index contributed by atoms with van der Waals surface area (Å²) in [5.41, 5.74) is -0.483. The number of carboxylic acid groups (broad SMARTS) is 2. The predicted octanol–water partition coefficient (Wildman–Crippen LogP) is 4.49. The van der Waals surface area contributed by atoms with Crippen LogP contribution in [0.15, 0.2) is 11.1 Å². The molecule has 0 aromatic rings.